The van der Waals surface area contributed by atoms with E-state index in [1.54, 1.807) is 0 Å². The first-order valence-electron chi connectivity index (χ1n) is 6.59. The molecule has 1 heterocycles. The van der Waals surface area contributed by atoms with Crippen LogP contribution in [0.4, 0.5) is 0 Å². The average Bonchev–Trinajstić information content (AvgIpc) is 2.89. The van der Waals surface area contributed by atoms with Gasteiger partial charge in [-0.1, -0.05) is 26.5 Å². The standard InChI is InChI=1S/C13H21NO.C2H6/c1-4-11(3)9-13(5-2)15-10-12-7-6-8-14-12;1-2/h4-5,9,12,14H,1,6-8,10H2,2-3H3;1-2H3/b11-9-,13-5+;/t12-;/m1./s1. The van der Waals surface area contributed by atoms with E-state index in [9.17, 15) is 0 Å². The zero-order valence-corrected chi connectivity index (χ0v) is 11.8. The predicted molar refractivity (Wildman–Crippen MR) is 76.0 cm³/mol. The minimum Gasteiger partial charge on any atom is -0.492 e. The molecule has 0 spiro atoms. The van der Waals surface area contributed by atoms with Crippen molar-refractivity contribution in [1.82, 2.24) is 5.32 Å². The number of hydrogen-bond acceptors (Lipinski definition) is 2. The lowest BCUT2D eigenvalue weighted by molar-refractivity contribution is 0.196. The first-order chi connectivity index (χ1) is 8.26. The fourth-order valence-electron chi connectivity index (χ4n) is 1.59. The van der Waals surface area contributed by atoms with Gasteiger partial charge in [0.2, 0.25) is 0 Å². The summed E-state index contributed by atoms with van der Waals surface area (Å²) < 4.78 is 5.72. The third-order valence-electron chi connectivity index (χ3n) is 2.59. The zero-order valence-electron chi connectivity index (χ0n) is 11.8. The molecule has 1 fully saturated rings. The molecule has 0 saturated carbocycles. The maximum atomic E-state index is 5.72. The second kappa shape index (κ2) is 10.2. The largest absolute Gasteiger partial charge is 0.492 e. The Morgan fingerprint density at radius 1 is 1.47 bits per heavy atom. The van der Waals surface area contributed by atoms with Crippen molar-refractivity contribution in [1.29, 1.82) is 0 Å². The van der Waals surface area contributed by atoms with Crippen molar-refractivity contribution in [2.45, 2.75) is 46.6 Å². The molecule has 1 aliphatic rings. The third kappa shape index (κ3) is 7.01. The highest BCUT2D eigenvalue weighted by Gasteiger charge is 2.14. The fourth-order valence-corrected chi connectivity index (χ4v) is 1.59. The summed E-state index contributed by atoms with van der Waals surface area (Å²) in [6.07, 6.45) is 8.33. The normalized spacial score (nSPS) is 20.6. The molecule has 0 aromatic rings. The van der Waals surface area contributed by atoms with Gasteiger partial charge >= 0.3 is 0 Å². The minimum atomic E-state index is 0.525. The maximum Gasteiger partial charge on any atom is 0.115 e. The molecule has 0 aliphatic carbocycles. The molecule has 17 heavy (non-hydrogen) atoms. The van der Waals surface area contributed by atoms with E-state index in [1.165, 1.54) is 12.8 Å². The Labute approximate surface area is 106 Å². The number of rotatable bonds is 5. The van der Waals surface area contributed by atoms with Gasteiger partial charge in [-0.15, -0.1) is 0 Å². The molecule has 1 rings (SSSR count). The molecule has 1 N–H and O–H groups in total. The number of allylic oxidation sites excluding steroid dienone is 4. The van der Waals surface area contributed by atoms with Crippen LogP contribution in [0.15, 0.2) is 36.1 Å². The van der Waals surface area contributed by atoms with Crippen LogP contribution in [0.2, 0.25) is 0 Å². The summed E-state index contributed by atoms with van der Waals surface area (Å²) in [5.74, 6) is 0.932. The van der Waals surface area contributed by atoms with Crippen LogP contribution in [-0.4, -0.2) is 19.2 Å². The quantitative estimate of drug-likeness (QED) is 0.580. The highest BCUT2D eigenvalue weighted by molar-refractivity contribution is 5.23. The number of hydrogen-bond donors (Lipinski definition) is 1. The number of ether oxygens (including phenoxy) is 1. The average molecular weight is 237 g/mol. The van der Waals surface area contributed by atoms with Crippen LogP contribution in [0.5, 0.6) is 0 Å². The van der Waals surface area contributed by atoms with Crippen LogP contribution in [0, 0.1) is 0 Å². The van der Waals surface area contributed by atoms with Crippen molar-refractivity contribution in [3.63, 3.8) is 0 Å². The second-order valence-corrected chi connectivity index (χ2v) is 3.89. The predicted octanol–water partition coefficient (Wildman–Crippen LogP) is 3.82. The van der Waals surface area contributed by atoms with E-state index in [0.717, 1.165) is 24.5 Å². The molecule has 0 unspecified atom stereocenters. The van der Waals surface area contributed by atoms with Gasteiger partial charge in [-0.25, -0.2) is 0 Å². The summed E-state index contributed by atoms with van der Waals surface area (Å²) >= 11 is 0. The van der Waals surface area contributed by atoms with E-state index in [1.807, 2.05) is 45.9 Å². The third-order valence-corrected chi connectivity index (χ3v) is 2.59. The molecular formula is C15H27NO. The molecular weight excluding hydrogens is 210 g/mol. The molecule has 98 valence electrons. The fraction of sp³-hybridized carbons (Fsp3) is 0.600. The SMILES string of the molecule is C=C/C(C)=C\C(=C/C)OC[C@H]1CCCN1.CC. The van der Waals surface area contributed by atoms with Gasteiger partial charge in [-0.2, -0.15) is 0 Å². The molecule has 0 radical (unpaired) electrons. The maximum absolute atomic E-state index is 5.72. The Morgan fingerprint density at radius 2 is 2.18 bits per heavy atom. The summed E-state index contributed by atoms with van der Waals surface area (Å²) in [4.78, 5) is 0. The van der Waals surface area contributed by atoms with E-state index in [4.69, 9.17) is 4.74 Å². The van der Waals surface area contributed by atoms with Crippen molar-refractivity contribution in [2.75, 3.05) is 13.2 Å². The molecule has 1 saturated heterocycles. The summed E-state index contributed by atoms with van der Waals surface area (Å²) in [6.45, 7) is 13.6. The van der Waals surface area contributed by atoms with Gasteiger partial charge in [-0.3, -0.25) is 0 Å². The van der Waals surface area contributed by atoms with Gasteiger partial charge in [0, 0.05) is 6.04 Å². The van der Waals surface area contributed by atoms with Crippen molar-refractivity contribution in [3.8, 4) is 0 Å². The Kier molecular flexibility index (Phi) is 9.55. The Morgan fingerprint density at radius 3 is 2.65 bits per heavy atom. The second-order valence-electron chi connectivity index (χ2n) is 3.89. The van der Waals surface area contributed by atoms with Crippen LogP contribution < -0.4 is 5.32 Å². The van der Waals surface area contributed by atoms with Gasteiger partial charge in [0.15, 0.2) is 0 Å². The summed E-state index contributed by atoms with van der Waals surface area (Å²) in [7, 11) is 0. The first kappa shape index (κ1) is 16.0. The lowest BCUT2D eigenvalue weighted by atomic mass is 10.2. The van der Waals surface area contributed by atoms with Crippen molar-refractivity contribution >= 4 is 0 Å². The molecule has 2 heteroatoms. The minimum absolute atomic E-state index is 0.525. The molecule has 1 aliphatic heterocycles. The Balaban J connectivity index is 0.00000121. The first-order valence-corrected chi connectivity index (χ1v) is 6.59. The molecule has 0 bridgehead atoms. The molecule has 0 aromatic carbocycles. The van der Waals surface area contributed by atoms with Crippen LogP contribution in [0.1, 0.15) is 40.5 Å². The van der Waals surface area contributed by atoms with Crippen molar-refractivity contribution in [2.24, 2.45) is 0 Å². The Hall–Kier alpha value is -1.02. The number of nitrogens with one attached hydrogen (secondary N) is 1. The van der Waals surface area contributed by atoms with E-state index in [0.29, 0.717) is 6.04 Å². The zero-order chi connectivity index (χ0) is 13.1. The van der Waals surface area contributed by atoms with E-state index in [2.05, 4.69) is 11.9 Å². The van der Waals surface area contributed by atoms with Crippen LogP contribution in [0.25, 0.3) is 0 Å². The van der Waals surface area contributed by atoms with Crippen LogP contribution >= 0.6 is 0 Å². The van der Waals surface area contributed by atoms with E-state index >= 15 is 0 Å². The van der Waals surface area contributed by atoms with Crippen molar-refractivity contribution < 1.29 is 4.74 Å². The highest BCUT2D eigenvalue weighted by atomic mass is 16.5. The molecule has 2 nitrogen and oxygen atoms in total. The topological polar surface area (TPSA) is 21.3 Å². The smallest absolute Gasteiger partial charge is 0.115 e. The van der Waals surface area contributed by atoms with Crippen molar-refractivity contribution in [3.05, 3.63) is 36.1 Å². The van der Waals surface area contributed by atoms with Crippen LogP contribution in [-0.2, 0) is 4.74 Å². The van der Waals surface area contributed by atoms with Gasteiger partial charge < -0.3 is 10.1 Å². The van der Waals surface area contributed by atoms with Gasteiger partial charge in [0.25, 0.3) is 0 Å². The monoisotopic (exact) mass is 237 g/mol. The molecule has 0 amide bonds. The van der Waals surface area contributed by atoms with Crippen LogP contribution in [0.3, 0.4) is 0 Å². The summed E-state index contributed by atoms with van der Waals surface area (Å²) in [5.41, 5.74) is 1.13. The lowest BCUT2D eigenvalue weighted by Crippen LogP contribution is -2.26. The molecule has 1 atom stereocenters. The van der Waals surface area contributed by atoms with Gasteiger partial charge in [0.05, 0.1) is 0 Å². The highest BCUT2D eigenvalue weighted by Crippen LogP contribution is 2.10. The van der Waals surface area contributed by atoms with E-state index in [-0.39, 0.29) is 0 Å². The lowest BCUT2D eigenvalue weighted by Gasteiger charge is -2.12. The molecule has 0 aromatic heterocycles. The summed E-state index contributed by atoms with van der Waals surface area (Å²) in [6, 6.07) is 0.525. The van der Waals surface area contributed by atoms with Gasteiger partial charge in [0.1, 0.15) is 12.4 Å². The summed E-state index contributed by atoms with van der Waals surface area (Å²) in [5, 5.41) is 3.41. The Bertz CT molecular complexity index is 260. The van der Waals surface area contributed by atoms with E-state index < -0.39 is 0 Å². The van der Waals surface area contributed by atoms with Gasteiger partial charge in [-0.05, 0) is 51.0 Å².